The van der Waals surface area contributed by atoms with Crippen LogP contribution < -0.4 is 5.32 Å². The average Bonchev–Trinajstić information content (AvgIpc) is 2.89. The molecule has 1 aromatic heterocycles. The van der Waals surface area contributed by atoms with Gasteiger partial charge in [0.15, 0.2) is 0 Å². The summed E-state index contributed by atoms with van der Waals surface area (Å²) < 4.78 is 5.26. The number of hydrogen-bond donors (Lipinski definition) is 1. The minimum absolute atomic E-state index is 0.121. The molecule has 2 rings (SSSR count). The third-order valence-electron chi connectivity index (χ3n) is 2.66. The maximum Gasteiger partial charge on any atom is 0.230 e. The molecule has 0 aliphatic rings. The van der Waals surface area contributed by atoms with E-state index in [-0.39, 0.29) is 12.3 Å². The van der Waals surface area contributed by atoms with Gasteiger partial charge in [0.25, 0.3) is 0 Å². The third-order valence-corrected chi connectivity index (χ3v) is 3.81. The molecule has 0 bridgehead atoms. The summed E-state index contributed by atoms with van der Waals surface area (Å²) in [5.41, 5.74) is 0.901. The summed E-state index contributed by atoms with van der Waals surface area (Å²) in [5.74, 6) is -0.121. The van der Waals surface area contributed by atoms with Gasteiger partial charge in [0.05, 0.1) is 13.0 Å². The van der Waals surface area contributed by atoms with Gasteiger partial charge < -0.3 is 10.1 Å². The molecule has 0 saturated carbocycles. The van der Waals surface area contributed by atoms with Crippen LogP contribution in [0.2, 0.25) is 5.02 Å². The standard InChI is InChI=1S/C14H16ClN3O2S/c1-2-20-8-7-13-17-18-14(21-13)16-12(19)9-10-3-5-11(15)6-4-10/h3-6H,2,7-9H2,1H3,(H,16,18,19). The van der Waals surface area contributed by atoms with Gasteiger partial charge in [-0.05, 0) is 24.6 Å². The molecule has 2 aromatic rings. The minimum atomic E-state index is -0.121. The summed E-state index contributed by atoms with van der Waals surface area (Å²) in [6.07, 6.45) is 0.990. The first kappa shape index (κ1) is 15.9. The number of nitrogens with zero attached hydrogens (tertiary/aromatic N) is 2. The third kappa shape index (κ3) is 5.41. The largest absolute Gasteiger partial charge is 0.381 e. The van der Waals surface area contributed by atoms with Crippen LogP contribution in [0.4, 0.5) is 5.13 Å². The molecule has 1 amide bonds. The quantitative estimate of drug-likeness (QED) is 0.795. The van der Waals surface area contributed by atoms with Crippen molar-refractivity contribution in [3.8, 4) is 0 Å². The molecule has 1 N–H and O–H groups in total. The summed E-state index contributed by atoms with van der Waals surface area (Å²) in [7, 11) is 0. The first-order chi connectivity index (χ1) is 10.2. The topological polar surface area (TPSA) is 64.1 Å². The zero-order valence-corrected chi connectivity index (χ0v) is 13.2. The lowest BCUT2D eigenvalue weighted by atomic mass is 10.1. The molecule has 0 atom stereocenters. The van der Waals surface area contributed by atoms with Crippen LogP contribution in [0.1, 0.15) is 17.5 Å². The normalized spacial score (nSPS) is 10.6. The zero-order chi connectivity index (χ0) is 15.1. The van der Waals surface area contributed by atoms with E-state index in [2.05, 4.69) is 15.5 Å². The molecule has 21 heavy (non-hydrogen) atoms. The van der Waals surface area contributed by atoms with Crippen molar-refractivity contribution in [2.75, 3.05) is 18.5 Å². The summed E-state index contributed by atoms with van der Waals surface area (Å²) in [6.45, 7) is 3.25. The van der Waals surface area contributed by atoms with E-state index in [4.69, 9.17) is 16.3 Å². The molecular formula is C14H16ClN3O2S. The number of aromatic nitrogens is 2. The second kappa shape index (κ2) is 8.07. The van der Waals surface area contributed by atoms with Crippen LogP contribution in [0.5, 0.6) is 0 Å². The summed E-state index contributed by atoms with van der Waals surface area (Å²) >= 11 is 7.17. The number of carbonyl (C=O) groups is 1. The lowest BCUT2D eigenvalue weighted by Gasteiger charge is -2.01. The van der Waals surface area contributed by atoms with Gasteiger partial charge in [0, 0.05) is 18.1 Å². The van der Waals surface area contributed by atoms with E-state index in [1.54, 1.807) is 12.1 Å². The fourth-order valence-corrected chi connectivity index (χ4v) is 2.52. The van der Waals surface area contributed by atoms with Crippen molar-refractivity contribution in [3.63, 3.8) is 0 Å². The highest BCUT2D eigenvalue weighted by Crippen LogP contribution is 2.16. The Labute approximate surface area is 132 Å². The lowest BCUT2D eigenvalue weighted by molar-refractivity contribution is -0.115. The predicted molar refractivity (Wildman–Crippen MR) is 83.9 cm³/mol. The van der Waals surface area contributed by atoms with Gasteiger partial charge in [-0.25, -0.2) is 0 Å². The first-order valence-electron chi connectivity index (χ1n) is 6.62. The van der Waals surface area contributed by atoms with Crippen LogP contribution in [0, 0.1) is 0 Å². The molecule has 7 heteroatoms. The number of nitrogens with one attached hydrogen (secondary N) is 1. The lowest BCUT2D eigenvalue weighted by Crippen LogP contribution is -2.14. The number of carbonyl (C=O) groups excluding carboxylic acids is 1. The van der Waals surface area contributed by atoms with Crippen molar-refractivity contribution in [1.29, 1.82) is 0 Å². The molecule has 1 heterocycles. The van der Waals surface area contributed by atoms with Crippen molar-refractivity contribution < 1.29 is 9.53 Å². The van der Waals surface area contributed by atoms with Gasteiger partial charge in [0.2, 0.25) is 11.0 Å². The van der Waals surface area contributed by atoms with E-state index < -0.39 is 0 Å². The van der Waals surface area contributed by atoms with Crippen LogP contribution in [0.15, 0.2) is 24.3 Å². The maximum atomic E-state index is 11.9. The fourth-order valence-electron chi connectivity index (χ4n) is 1.66. The van der Waals surface area contributed by atoms with Crippen LogP contribution in [-0.4, -0.2) is 29.3 Å². The van der Waals surface area contributed by atoms with E-state index in [0.29, 0.717) is 29.8 Å². The van der Waals surface area contributed by atoms with Gasteiger partial charge >= 0.3 is 0 Å². The Hall–Kier alpha value is -1.50. The van der Waals surface area contributed by atoms with Crippen LogP contribution in [0.25, 0.3) is 0 Å². The predicted octanol–water partition coefficient (Wildman–Crippen LogP) is 2.95. The molecular weight excluding hydrogens is 310 g/mol. The highest BCUT2D eigenvalue weighted by atomic mass is 35.5. The number of anilines is 1. The van der Waals surface area contributed by atoms with Gasteiger partial charge in [0.1, 0.15) is 5.01 Å². The Kier molecular flexibility index (Phi) is 6.10. The number of halogens is 1. The van der Waals surface area contributed by atoms with E-state index >= 15 is 0 Å². The van der Waals surface area contributed by atoms with E-state index in [1.165, 1.54) is 11.3 Å². The monoisotopic (exact) mass is 325 g/mol. The number of benzene rings is 1. The Bertz CT molecular complexity index is 586. The van der Waals surface area contributed by atoms with Gasteiger partial charge in [-0.1, -0.05) is 35.1 Å². The number of ether oxygens (including phenoxy) is 1. The highest BCUT2D eigenvalue weighted by molar-refractivity contribution is 7.15. The highest BCUT2D eigenvalue weighted by Gasteiger charge is 2.09. The second-order valence-corrected chi connectivity index (χ2v) is 5.80. The van der Waals surface area contributed by atoms with Crippen molar-refractivity contribution in [3.05, 3.63) is 39.9 Å². The number of hydrogen-bond acceptors (Lipinski definition) is 5. The minimum Gasteiger partial charge on any atom is -0.381 e. The molecule has 0 fully saturated rings. The molecule has 1 aromatic carbocycles. The van der Waals surface area contributed by atoms with E-state index in [1.807, 2.05) is 19.1 Å². The van der Waals surface area contributed by atoms with Crippen LogP contribution in [-0.2, 0) is 22.4 Å². The Morgan fingerprint density at radius 2 is 2.10 bits per heavy atom. The molecule has 0 saturated heterocycles. The molecule has 0 aliphatic heterocycles. The molecule has 0 aliphatic carbocycles. The summed E-state index contributed by atoms with van der Waals surface area (Å²) in [6, 6.07) is 7.19. The molecule has 0 radical (unpaired) electrons. The van der Waals surface area contributed by atoms with Gasteiger partial charge in [-0.15, -0.1) is 10.2 Å². The average molecular weight is 326 g/mol. The fraction of sp³-hybridized carbons (Fsp3) is 0.357. The smallest absolute Gasteiger partial charge is 0.230 e. The Morgan fingerprint density at radius 1 is 1.33 bits per heavy atom. The van der Waals surface area contributed by atoms with Crippen molar-refractivity contribution >= 4 is 34.0 Å². The van der Waals surface area contributed by atoms with Crippen LogP contribution >= 0.6 is 22.9 Å². The van der Waals surface area contributed by atoms with Gasteiger partial charge in [-0.2, -0.15) is 0 Å². The summed E-state index contributed by atoms with van der Waals surface area (Å²) in [4.78, 5) is 11.9. The maximum absolute atomic E-state index is 11.9. The molecule has 5 nitrogen and oxygen atoms in total. The second-order valence-electron chi connectivity index (χ2n) is 4.30. The Balaban J connectivity index is 1.83. The zero-order valence-electron chi connectivity index (χ0n) is 11.6. The van der Waals surface area contributed by atoms with Crippen molar-refractivity contribution in [1.82, 2.24) is 10.2 Å². The van der Waals surface area contributed by atoms with Crippen molar-refractivity contribution in [2.45, 2.75) is 19.8 Å². The molecule has 112 valence electrons. The van der Waals surface area contributed by atoms with E-state index in [0.717, 1.165) is 10.6 Å². The van der Waals surface area contributed by atoms with Crippen LogP contribution in [0.3, 0.4) is 0 Å². The van der Waals surface area contributed by atoms with E-state index in [9.17, 15) is 4.79 Å². The number of rotatable bonds is 7. The number of amides is 1. The first-order valence-corrected chi connectivity index (χ1v) is 7.81. The summed E-state index contributed by atoms with van der Waals surface area (Å²) in [5, 5.41) is 12.7. The Morgan fingerprint density at radius 3 is 2.81 bits per heavy atom. The van der Waals surface area contributed by atoms with Gasteiger partial charge in [-0.3, -0.25) is 4.79 Å². The molecule has 0 unspecified atom stereocenters. The molecule has 0 spiro atoms. The SMILES string of the molecule is CCOCCc1nnc(NC(=O)Cc2ccc(Cl)cc2)s1. The van der Waals surface area contributed by atoms with Crippen molar-refractivity contribution in [2.24, 2.45) is 0 Å².